The Morgan fingerprint density at radius 2 is 2.33 bits per heavy atom. The van der Waals surface area contributed by atoms with Gasteiger partial charge >= 0.3 is 0 Å². The minimum atomic E-state index is 0.486. The van der Waals surface area contributed by atoms with Crippen molar-refractivity contribution in [1.29, 1.82) is 0 Å². The Morgan fingerprint density at radius 1 is 1.60 bits per heavy atom. The molecule has 0 spiro atoms. The fourth-order valence-corrected chi connectivity index (χ4v) is 3.62. The van der Waals surface area contributed by atoms with Gasteiger partial charge in [0.15, 0.2) is 0 Å². The molecule has 1 aliphatic carbocycles. The maximum atomic E-state index is 5.77. The minimum absolute atomic E-state index is 0.486. The van der Waals surface area contributed by atoms with Crippen molar-refractivity contribution in [2.75, 3.05) is 13.1 Å². The first-order valence-electron chi connectivity index (χ1n) is 5.52. The smallest absolute Gasteiger partial charge is 0.110 e. The fourth-order valence-electron chi connectivity index (χ4n) is 2.48. The Hall–Kier alpha value is -0.120. The Balaban J connectivity index is 1.70. The average molecular weight is 243 g/mol. The molecule has 4 heteroatoms. The minimum Gasteiger partial charge on any atom is -0.294 e. The lowest BCUT2D eigenvalue weighted by atomic mass is 10.3. The van der Waals surface area contributed by atoms with Crippen LogP contribution in [0.4, 0.5) is 0 Å². The Kier molecular flexibility index (Phi) is 2.49. The molecule has 15 heavy (non-hydrogen) atoms. The zero-order valence-electron chi connectivity index (χ0n) is 8.82. The quantitative estimate of drug-likeness (QED) is 0.758. The lowest BCUT2D eigenvalue weighted by Gasteiger charge is -2.23. The number of likely N-dealkylation sites (tertiary alicyclic amines) is 1. The van der Waals surface area contributed by atoms with Crippen molar-refractivity contribution in [2.45, 2.75) is 25.3 Å². The van der Waals surface area contributed by atoms with E-state index < -0.39 is 0 Å². The molecule has 3 rings (SSSR count). The number of hydrogen-bond acceptors (Lipinski definition) is 3. The molecule has 2 nitrogen and oxygen atoms in total. The van der Waals surface area contributed by atoms with Crippen molar-refractivity contribution in [1.82, 2.24) is 9.88 Å². The van der Waals surface area contributed by atoms with Gasteiger partial charge in [-0.15, -0.1) is 22.9 Å². The zero-order chi connectivity index (χ0) is 10.4. The van der Waals surface area contributed by atoms with Crippen LogP contribution in [0.3, 0.4) is 0 Å². The maximum absolute atomic E-state index is 5.77. The highest BCUT2D eigenvalue weighted by Crippen LogP contribution is 2.47. The first-order chi connectivity index (χ1) is 7.28. The predicted molar refractivity (Wildman–Crippen MR) is 63.3 cm³/mol. The van der Waals surface area contributed by atoms with Crippen LogP contribution in [0.2, 0.25) is 0 Å². The van der Waals surface area contributed by atoms with Gasteiger partial charge in [0.2, 0.25) is 0 Å². The molecule has 0 aromatic carbocycles. The Morgan fingerprint density at radius 3 is 2.93 bits per heavy atom. The second-order valence-corrected chi connectivity index (χ2v) is 5.85. The molecule has 1 saturated carbocycles. The summed E-state index contributed by atoms with van der Waals surface area (Å²) in [5, 5.41) is 3.31. The maximum Gasteiger partial charge on any atom is 0.110 e. The number of alkyl halides is 1. The Bertz CT molecular complexity index is 355. The van der Waals surface area contributed by atoms with Crippen molar-refractivity contribution in [3.05, 3.63) is 16.1 Å². The van der Waals surface area contributed by atoms with Gasteiger partial charge in [0, 0.05) is 18.5 Å². The van der Waals surface area contributed by atoms with Crippen molar-refractivity contribution in [3.63, 3.8) is 0 Å². The van der Waals surface area contributed by atoms with E-state index in [1.165, 1.54) is 24.5 Å². The van der Waals surface area contributed by atoms with Crippen LogP contribution in [0.1, 0.15) is 30.1 Å². The van der Waals surface area contributed by atoms with Gasteiger partial charge in [-0.05, 0) is 25.2 Å². The molecule has 2 heterocycles. The molecular formula is C11H15ClN2S. The van der Waals surface area contributed by atoms with Crippen molar-refractivity contribution < 1.29 is 0 Å². The standard InChI is InChI=1S/C11H15ClN2S/c1-7(11-13-10(3-12)6-15-11)14-4-8-2-9(8)5-14/h6-9H,2-5H2,1H3. The summed E-state index contributed by atoms with van der Waals surface area (Å²) in [5.74, 6) is 2.54. The molecule has 3 atom stereocenters. The molecule has 2 aliphatic rings. The van der Waals surface area contributed by atoms with Crippen LogP contribution in [0.25, 0.3) is 0 Å². The van der Waals surface area contributed by atoms with Crippen molar-refractivity contribution >= 4 is 22.9 Å². The molecule has 0 N–H and O–H groups in total. The van der Waals surface area contributed by atoms with Crippen LogP contribution in [0.5, 0.6) is 0 Å². The van der Waals surface area contributed by atoms with E-state index in [1.807, 2.05) is 0 Å². The largest absolute Gasteiger partial charge is 0.294 e. The lowest BCUT2D eigenvalue weighted by Crippen LogP contribution is -2.26. The second-order valence-electron chi connectivity index (χ2n) is 4.70. The van der Waals surface area contributed by atoms with E-state index >= 15 is 0 Å². The predicted octanol–water partition coefficient (Wildman–Crippen LogP) is 2.89. The molecule has 0 bridgehead atoms. The fraction of sp³-hybridized carbons (Fsp3) is 0.727. The lowest BCUT2D eigenvalue weighted by molar-refractivity contribution is 0.236. The first-order valence-corrected chi connectivity index (χ1v) is 6.93. The summed E-state index contributed by atoms with van der Waals surface area (Å²) in [6.07, 6.45) is 1.47. The number of hydrogen-bond donors (Lipinski definition) is 0. The molecule has 82 valence electrons. The van der Waals surface area contributed by atoms with Gasteiger partial charge in [-0.25, -0.2) is 4.98 Å². The van der Waals surface area contributed by atoms with Gasteiger partial charge in [-0.2, -0.15) is 0 Å². The molecular weight excluding hydrogens is 228 g/mol. The number of piperidine rings is 1. The second kappa shape index (κ2) is 3.72. The summed E-state index contributed by atoms with van der Waals surface area (Å²) >= 11 is 7.51. The van der Waals surface area contributed by atoms with Gasteiger partial charge in [0.25, 0.3) is 0 Å². The number of halogens is 1. The van der Waals surface area contributed by atoms with Gasteiger partial charge in [0.05, 0.1) is 17.6 Å². The monoisotopic (exact) mass is 242 g/mol. The van der Waals surface area contributed by atoms with E-state index in [0.717, 1.165) is 17.5 Å². The van der Waals surface area contributed by atoms with Crippen molar-refractivity contribution in [2.24, 2.45) is 11.8 Å². The summed E-state index contributed by atoms with van der Waals surface area (Å²) in [6.45, 7) is 4.82. The highest BCUT2D eigenvalue weighted by atomic mass is 35.5. The number of aromatic nitrogens is 1. The molecule has 1 aliphatic heterocycles. The third-order valence-electron chi connectivity index (χ3n) is 3.62. The SMILES string of the molecule is CC(c1nc(CCl)cs1)N1CC2CC2C1. The summed E-state index contributed by atoms with van der Waals surface area (Å²) in [6, 6.07) is 0.486. The third kappa shape index (κ3) is 1.81. The van der Waals surface area contributed by atoms with E-state index in [0.29, 0.717) is 11.9 Å². The molecule has 0 radical (unpaired) electrons. The normalized spacial score (nSPS) is 31.6. The van der Waals surface area contributed by atoms with E-state index in [-0.39, 0.29) is 0 Å². The van der Waals surface area contributed by atoms with Gasteiger partial charge < -0.3 is 0 Å². The van der Waals surface area contributed by atoms with Crippen LogP contribution in [0, 0.1) is 11.8 Å². The summed E-state index contributed by atoms with van der Waals surface area (Å²) < 4.78 is 0. The summed E-state index contributed by atoms with van der Waals surface area (Å²) in [4.78, 5) is 7.12. The van der Waals surface area contributed by atoms with E-state index in [9.17, 15) is 0 Å². The molecule has 2 fully saturated rings. The number of fused-ring (bicyclic) bond motifs is 1. The van der Waals surface area contributed by atoms with Crippen LogP contribution in [0.15, 0.2) is 5.38 Å². The van der Waals surface area contributed by atoms with Crippen molar-refractivity contribution in [3.8, 4) is 0 Å². The van der Waals surface area contributed by atoms with Crippen LogP contribution in [-0.2, 0) is 5.88 Å². The number of rotatable bonds is 3. The van der Waals surface area contributed by atoms with Crippen LogP contribution >= 0.6 is 22.9 Å². The molecule has 1 aromatic heterocycles. The van der Waals surface area contributed by atoms with E-state index in [1.54, 1.807) is 11.3 Å². The summed E-state index contributed by atoms with van der Waals surface area (Å²) in [7, 11) is 0. The molecule has 0 amide bonds. The zero-order valence-corrected chi connectivity index (χ0v) is 10.4. The summed E-state index contributed by atoms with van der Waals surface area (Å²) in [5.41, 5.74) is 1.02. The molecule has 1 saturated heterocycles. The van der Waals surface area contributed by atoms with Gasteiger partial charge in [-0.3, -0.25) is 4.90 Å². The highest BCUT2D eigenvalue weighted by molar-refractivity contribution is 7.09. The van der Waals surface area contributed by atoms with Crippen LogP contribution < -0.4 is 0 Å². The topological polar surface area (TPSA) is 16.1 Å². The highest BCUT2D eigenvalue weighted by Gasteiger charge is 2.46. The molecule has 3 unspecified atom stereocenters. The number of nitrogens with zero attached hydrogens (tertiary/aromatic N) is 2. The van der Waals surface area contributed by atoms with E-state index in [2.05, 4.69) is 22.2 Å². The first kappa shape index (κ1) is 10.1. The number of thiazole rings is 1. The van der Waals surface area contributed by atoms with Gasteiger partial charge in [0.1, 0.15) is 5.01 Å². The van der Waals surface area contributed by atoms with E-state index in [4.69, 9.17) is 11.6 Å². The Labute approximate surface area is 99.3 Å². The molecule has 1 aromatic rings. The average Bonchev–Trinajstić information content (AvgIpc) is 2.73. The third-order valence-corrected chi connectivity index (χ3v) is 4.96. The van der Waals surface area contributed by atoms with Gasteiger partial charge in [-0.1, -0.05) is 0 Å². The van der Waals surface area contributed by atoms with Crippen LogP contribution in [-0.4, -0.2) is 23.0 Å².